The zero-order valence-corrected chi connectivity index (χ0v) is 35.0. The summed E-state index contributed by atoms with van der Waals surface area (Å²) in [4.78, 5) is 15.2. The molecule has 7 aromatic carbocycles. The van der Waals surface area contributed by atoms with E-state index in [2.05, 4.69) is 167 Å². The average Bonchev–Trinajstić information content (AvgIpc) is 3.84. The maximum atomic E-state index is 5.13. The second kappa shape index (κ2) is 12.8. The fourth-order valence-corrected chi connectivity index (χ4v) is 10.9. The molecule has 59 heavy (non-hydrogen) atoms. The highest BCUT2D eigenvalue weighted by atomic mass is 32.1. The van der Waals surface area contributed by atoms with E-state index in [1.165, 1.54) is 69.9 Å². The van der Waals surface area contributed by atoms with E-state index in [0.717, 1.165) is 16.7 Å². The maximum Gasteiger partial charge on any atom is 0.164 e. The van der Waals surface area contributed by atoms with E-state index >= 15 is 0 Å². The number of nitrogens with zero attached hydrogens (tertiary/aromatic N) is 4. The van der Waals surface area contributed by atoms with Crippen LogP contribution in [0.1, 0.15) is 52.7 Å². The number of fused-ring (bicyclic) bond motifs is 7. The number of para-hydroxylation sites is 1. The van der Waals surface area contributed by atoms with Crippen LogP contribution in [0.5, 0.6) is 0 Å². The second-order valence-corrected chi connectivity index (χ2v) is 18.8. The molecule has 0 saturated carbocycles. The molecule has 1 aliphatic carbocycles. The Labute approximate surface area is 348 Å². The monoisotopic (exact) mass is 780 g/mol. The van der Waals surface area contributed by atoms with Gasteiger partial charge in [-0.1, -0.05) is 151 Å². The first kappa shape index (κ1) is 35.7. The second-order valence-electron chi connectivity index (χ2n) is 17.7. The molecular weight excluding hydrogens is 737 g/mol. The molecule has 0 saturated heterocycles. The Hall–Kier alpha value is -6.43. The summed E-state index contributed by atoms with van der Waals surface area (Å²) in [7, 11) is 0. The van der Waals surface area contributed by atoms with Crippen molar-refractivity contribution >= 4 is 53.3 Å². The fourth-order valence-electron chi connectivity index (χ4n) is 9.74. The Morgan fingerprint density at radius 3 is 1.73 bits per heavy atom. The number of rotatable bonds is 5. The molecule has 3 aromatic heterocycles. The predicted octanol–water partition coefficient (Wildman–Crippen LogP) is 14.6. The molecule has 0 spiro atoms. The highest BCUT2D eigenvalue weighted by Gasteiger charge is 2.56. The molecule has 3 heterocycles. The summed E-state index contributed by atoms with van der Waals surface area (Å²) in [5.41, 5.74) is 12.1. The smallest absolute Gasteiger partial charge is 0.164 e. The minimum Gasteiger partial charge on any atom is -0.309 e. The number of aromatic nitrogens is 4. The van der Waals surface area contributed by atoms with Crippen LogP contribution in [-0.4, -0.2) is 19.5 Å². The lowest BCUT2D eigenvalue weighted by atomic mass is 9.59. The van der Waals surface area contributed by atoms with Crippen LogP contribution in [0.15, 0.2) is 158 Å². The Kier molecular flexibility index (Phi) is 7.74. The predicted molar refractivity (Wildman–Crippen MR) is 249 cm³/mol. The van der Waals surface area contributed by atoms with E-state index in [0.29, 0.717) is 17.5 Å². The fraction of sp³-hybridized carbons (Fsp3) is 0.167. The molecule has 0 N–H and O–H groups in total. The average molecular weight is 781 g/mol. The molecule has 11 rings (SSSR count). The molecule has 0 radical (unpaired) electrons. The van der Waals surface area contributed by atoms with Crippen molar-refractivity contribution in [3.05, 3.63) is 169 Å². The van der Waals surface area contributed by atoms with Gasteiger partial charge in [0.15, 0.2) is 17.5 Å². The van der Waals surface area contributed by atoms with E-state index in [4.69, 9.17) is 15.0 Å². The SMILES string of the molecule is CC1(C)c2ccc(-n3c4ccccc4c4cc(-c5ccc6sc7cccc(-c8nc(-c9ccccc9)nc(-c9ccccc9)n8)c7c6c5)ccc43)cc2C(C)(C)C1(C)C. The maximum absolute atomic E-state index is 5.13. The van der Waals surface area contributed by atoms with Crippen LogP contribution < -0.4 is 0 Å². The Bertz CT molecular complexity index is 3240. The third kappa shape index (κ3) is 5.24. The van der Waals surface area contributed by atoms with Gasteiger partial charge in [0.2, 0.25) is 0 Å². The molecule has 1 aliphatic rings. The molecule has 0 unspecified atom stereocenters. The molecule has 286 valence electrons. The normalized spacial score (nSPS) is 15.4. The summed E-state index contributed by atoms with van der Waals surface area (Å²) in [6, 6.07) is 56.8. The number of hydrogen-bond acceptors (Lipinski definition) is 4. The zero-order valence-electron chi connectivity index (χ0n) is 34.2. The highest BCUT2D eigenvalue weighted by Crippen LogP contribution is 2.61. The first-order chi connectivity index (χ1) is 28.5. The summed E-state index contributed by atoms with van der Waals surface area (Å²) >= 11 is 1.81. The lowest BCUT2D eigenvalue weighted by molar-refractivity contribution is 0.125. The van der Waals surface area contributed by atoms with Gasteiger partial charge in [0.25, 0.3) is 0 Å². The lowest BCUT2D eigenvalue weighted by Gasteiger charge is -2.44. The minimum absolute atomic E-state index is 0.0238. The summed E-state index contributed by atoms with van der Waals surface area (Å²) in [6.45, 7) is 14.5. The van der Waals surface area contributed by atoms with Gasteiger partial charge in [0, 0.05) is 53.3 Å². The number of hydrogen-bond donors (Lipinski definition) is 0. The van der Waals surface area contributed by atoms with Gasteiger partial charge >= 0.3 is 0 Å². The van der Waals surface area contributed by atoms with Crippen LogP contribution in [0.25, 0.3) is 93.0 Å². The molecule has 10 aromatic rings. The van der Waals surface area contributed by atoms with Crippen molar-refractivity contribution in [2.45, 2.75) is 52.4 Å². The lowest BCUT2D eigenvalue weighted by Crippen LogP contribution is -2.42. The van der Waals surface area contributed by atoms with E-state index in [9.17, 15) is 0 Å². The Morgan fingerprint density at radius 1 is 0.424 bits per heavy atom. The molecule has 4 nitrogen and oxygen atoms in total. The topological polar surface area (TPSA) is 43.6 Å². The van der Waals surface area contributed by atoms with Gasteiger partial charge in [-0.25, -0.2) is 15.0 Å². The molecule has 0 atom stereocenters. The first-order valence-electron chi connectivity index (χ1n) is 20.5. The van der Waals surface area contributed by atoms with Crippen LogP contribution in [-0.2, 0) is 10.8 Å². The summed E-state index contributed by atoms with van der Waals surface area (Å²) in [6.07, 6.45) is 0. The van der Waals surface area contributed by atoms with Gasteiger partial charge < -0.3 is 4.57 Å². The third-order valence-electron chi connectivity index (χ3n) is 14.2. The van der Waals surface area contributed by atoms with E-state index < -0.39 is 0 Å². The van der Waals surface area contributed by atoms with Gasteiger partial charge in [-0.15, -0.1) is 11.3 Å². The van der Waals surface area contributed by atoms with E-state index in [1.807, 2.05) is 47.7 Å². The van der Waals surface area contributed by atoms with Crippen LogP contribution in [0, 0.1) is 5.41 Å². The largest absolute Gasteiger partial charge is 0.309 e. The molecular formula is C54H44N4S. The van der Waals surface area contributed by atoms with Crippen LogP contribution in [0.4, 0.5) is 0 Å². The summed E-state index contributed by atoms with van der Waals surface area (Å²) < 4.78 is 4.91. The molecule has 5 heteroatoms. The van der Waals surface area contributed by atoms with E-state index in [-0.39, 0.29) is 16.2 Å². The number of thiophene rings is 1. The Morgan fingerprint density at radius 2 is 1.02 bits per heavy atom. The van der Waals surface area contributed by atoms with Crippen molar-refractivity contribution in [3.8, 4) is 51.0 Å². The van der Waals surface area contributed by atoms with Crippen LogP contribution in [0.2, 0.25) is 0 Å². The Balaban J connectivity index is 1.07. The van der Waals surface area contributed by atoms with Crippen molar-refractivity contribution in [2.24, 2.45) is 5.41 Å². The van der Waals surface area contributed by atoms with Gasteiger partial charge in [0.1, 0.15) is 0 Å². The van der Waals surface area contributed by atoms with E-state index in [1.54, 1.807) is 0 Å². The summed E-state index contributed by atoms with van der Waals surface area (Å²) in [5, 5.41) is 4.88. The van der Waals surface area contributed by atoms with Crippen molar-refractivity contribution in [3.63, 3.8) is 0 Å². The van der Waals surface area contributed by atoms with Gasteiger partial charge in [-0.2, -0.15) is 0 Å². The van der Waals surface area contributed by atoms with Gasteiger partial charge in [0.05, 0.1) is 11.0 Å². The van der Waals surface area contributed by atoms with Crippen molar-refractivity contribution in [2.75, 3.05) is 0 Å². The van der Waals surface area contributed by atoms with Gasteiger partial charge in [-0.05, 0) is 87.0 Å². The molecule has 0 bridgehead atoms. The van der Waals surface area contributed by atoms with Crippen LogP contribution >= 0.6 is 11.3 Å². The van der Waals surface area contributed by atoms with Gasteiger partial charge in [-0.3, -0.25) is 0 Å². The molecule has 0 aliphatic heterocycles. The van der Waals surface area contributed by atoms with Crippen molar-refractivity contribution in [1.82, 2.24) is 19.5 Å². The summed E-state index contributed by atoms with van der Waals surface area (Å²) in [5.74, 6) is 2.00. The number of benzene rings is 7. The molecule has 0 fully saturated rings. The van der Waals surface area contributed by atoms with Crippen molar-refractivity contribution in [1.29, 1.82) is 0 Å². The molecule has 0 amide bonds. The third-order valence-corrected chi connectivity index (χ3v) is 15.3. The quantitative estimate of drug-likeness (QED) is 0.175. The minimum atomic E-state index is 0.0238. The first-order valence-corrected chi connectivity index (χ1v) is 21.3. The standard InChI is InChI=1S/C54H44N4S/c1-52(2)42-27-26-37(32-43(42)53(3,4)54(52,5)6)58-44-22-14-13-20-38(44)40-30-35(24-28-45(40)58)36-25-29-46-41(31-36)48-39(21-15-23-47(48)59-46)51-56-49(33-16-9-7-10-17-33)55-50(57-51)34-18-11-8-12-19-34/h7-32H,1-6H3. The highest BCUT2D eigenvalue weighted by molar-refractivity contribution is 7.26. The zero-order chi connectivity index (χ0) is 40.3. The van der Waals surface area contributed by atoms with Crippen molar-refractivity contribution < 1.29 is 0 Å². The van der Waals surface area contributed by atoms with Crippen LogP contribution in [0.3, 0.4) is 0 Å².